The van der Waals surface area contributed by atoms with Crippen molar-refractivity contribution in [1.82, 2.24) is 9.78 Å². The van der Waals surface area contributed by atoms with E-state index >= 15 is 0 Å². The first-order chi connectivity index (χ1) is 7.51. The summed E-state index contributed by atoms with van der Waals surface area (Å²) in [7, 11) is 1.17. The lowest BCUT2D eigenvalue weighted by Crippen LogP contribution is -2.15. The van der Waals surface area contributed by atoms with Crippen molar-refractivity contribution >= 4 is 17.8 Å². The van der Waals surface area contributed by atoms with Gasteiger partial charge in [0.05, 0.1) is 7.11 Å². The van der Waals surface area contributed by atoms with Crippen LogP contribution in [0.15, 0.2) is 0 Å². The van der Waals surface area contributed by atoms with E-state index in [1.807, 2.05) is 0 Å². The van der Waals surface area contributed by atoms with E-state index in [1.165, 1.54) is 7.11 Å². The van der Waals surface area contributed by atoms with Crippen molar-refractivity contribution < 1.29 is 19.4 Å². The van der Waals surface area contributed by atoms with Crippen LogP contribution in [0.25, 0.3) is 0 Å². The van der Waals surface area contributed by atoms with E-state index in [4.69, 9.17) is 16.1 Å². The lowest BCUT2D eigenvalue weighted by molar-refractivity contribution is -0.141. The van der Waals surface area contributed by atoms with Crippen LogP contribution in [0.5, 0.6) is 0 Å². The minimum atomic E-state index is -1.38. The smallest absolute Gasteiger partial charge is 0.357 e. The Balaban J connectivity index is 3.19. The molecule has 0 spiro atoms. The Labute approximate surface area is 89.8 Å². The summed E-state index contributed by atoms with van der Waals surface area (Å²) in [5, 5.41) is 21.0. The van der Waals surface area contributed by atoms with Crippen LogP contribution in [0, 0.1) is 11.3 Å². The SMILES string of the molecule is COC(=O)Cn1nc(C(=O)O)c(C#N)c1N. The molecule has 0 aliphatic carbocycles. The van der Waals surface area contributed by atoms with Gasteiger partial charge in [0.2, 0.25) is 0 Å². The number of aromatic nitrogens is 2. The summed E-state index contributed by atoms with van der Waals surface area (Å²) in [4.78, 5) is 21.6. The molecule has 0 aliphatic heterocycles. The predicted molar refractivity (Wildman–Crippen MR) is 50.3 cm³/mol. The maximum absolute atomic E-state index is 10.9. The minimum Gasteiger partial charge on any atom is -0.476 e. The molecule has 0 radical (unpaired) electrons. The number of nitriles is 1. The van der Waals surface area contributed by atoms with Gasteiger partial charge < -0.3 is 15.6 Å². The average molecular weight is 224 g/mol. The third-order valence-electron chi connectivity index (χ3n) is 1.81. The molecule has 1 aromatic rings. The molecule has 0 aliphatic rings. The number of esters is 1. The van der Waals surface area contributed by atoms with Gasteiger partial charge in [-0.3, -0.25) is 4.79 Å². The number of nitrogens with zero attached hydrogens (tertiary/aromatic N) is 3. The first-order valence-electron chi connectivity index (χ1n) is 4.07. The number of carbonyl (C=O) groups excluding carboxylic acids is 1. The molecular weight excluding hydrogens is 216 g/mol. The van der Waals surface area contributed by atoms with Crippen molar-refractivity contribution in [2.75, 3.05) is 12.8 Å². The fourth-order valence-electron chi connectivity index (χ4n) is 1.04. The molecule has 1 aromatic heterocycles. The fraction of sp³-hybridized carbons (Fsp3) is 0.250. The summed E-state index contributed by atoms with van der Waals surface area (Å²) in [6.45, 7) is -0.343. The molecule has 0 aromatic carbocycles. The Morgan fingerprint density at radius 1 is 1.69 bits per heavy atom. The van der Waals surface area contributed by atoms with Crippen LogP contribution in [0.3, 0.4) is 0 Å². The van der Waals surface area contributed by atoms with Gasteiger partial charge in [-0.05, 0) is 0 Å². The molecule has 0 saturated heterocycles. The Morgan fingerprint density at radius 3 is 2.69 bits per heavy atom. The largest absolute Gasteiger partial charge is 0.476 e. The minimum absolute atomic E-state index is 0.176. The molecule has 0 unspecified atom stereocenters. The van der Waals surface area contributed by atoms with Crippen LogP contribution in [0.1, 0.15) is 16.1 Å². The quantitative estimate of drug-likeness (QED) is 0.643. The summed E-state index contributed by atoms with van der Waals surface area (Å²) in [6.07, 6.45) is 0. The number of anilines is 1. The van der Waals surface area contributed by atoms with Gasteiger partial charge in [0, 0.05) is 0 Å². The second kappa shape index (κ2) is 4.31. The molecule has 0 bridgehead atoms. The fourth-order valence-corrected chi connectivity index (χ4v) is 1.04. The van der Waals surface area contributed by atoms with Crippen molar-refractivity contribution in [2.24, 2.45) is 0 Å². The summed E-state index contributed by atoms with van der Waals surface area (Å²) >= 11 is 0. The zero-order valence-corrected chi connectivity index (χ0v) is 8.30. The highest BCUT2D eigenvalue weighted by Crippen LogP contribution is 2.15. The van der Waals surface area contributed by atoms with Gasteiger partial charge in [-0.15, -0.1) is 0 Å². The number of rotatable bonds is 3. The van der Waals surface area contributed by atoms with E-state index in [1.54, 1.807) is 6.07 Å². The lowest BCUT2D eigenvalue weighted by Gasteiger charge is -2.00. The number of aromatic carboxylic acids is 1. The number of hydrogen-bond acceptors (Lipinski definition) is 6. The molecule has 0 atom stereocenters. The molecule has 8 nitrogen and oxygen atoms in total. The maximum Gasteiger partial charge on any atom is 0.357 e. The molecule has 16 heavy (non-hydrogen) atoms. The zero-order chi connectivity index (χ0) is 12.3. The molecule has 0 saturated carbocycles. The maximum atomic E-state index is 10.9. The van der Waals surface area contributed by atoms with Gasteiger partial charge in [-0.25, -0.2) is 9.48 Å². The Bertz CT molecular complexity index is 485. The molecule has 0 amide bonds. The molecule has 84 valence electrons. The first kappa shape index (κ1) is 11.5. The van der Waals surface area contributed by atoms with Crippen molar-refractivity contribution in [2.45, 2.75) is 6.54 Å². The number of carboxylic acid groups (broad SMARTS) is 1. The van der Waals surface area contributed by atoms with Gasteiger partial charge in [0.15, 0.2) is 5.69 Å². The first-order valence-corrected chi connectivity index (χ1v) is 4.07. The Kier molecular flexibility index (Phi) is 3.10. The van der Waals surface area contributed by atoms with Crippen LogP contribution in [0.4, 0.5) is 5.82 Å². The Morgan fingerprint density at radius 2 is 2.31 bits per heavy atom. The van der Waals surface area contributed by atoms with Crippen molar-refractivity contribution in [1.29, 1.82) is 5.26 Å². The third kappa shape index (κ3) is 1.93. The van der Waals surface area contributed by atoms with Crippen LogP contribution in [-0.4, -0.2) is 33.9 Å². The molecule has 1 rings (SSSR count). The zero-order valence-electron chi connectivity index (χ0n) is 8.30. The van der Waals surface area contributed by atoms with Crippen LogP contribution in [-0.2, 0) is 16.1 Å². The van der Waals surface area contributed by atoms with Crippen LogP contribution >= 0.6 is 0 Å². The molecular formula is C8H8N4O4. The number of ether oxygens (including phenoxy) is 1. The Hall–Kier alpha value is -2.56. The van der Waals surface area contributed by atoms with E-state index in [9.17, 15) is 9.59 Å². The number of hydrogen-bond donors (Lipinski definition) is 2. The molecule has 0 fully saturated rings. The number of carboxylic acids is 1. The summed E-state index contributed by atoms with van der Waals surface area (Å²) in [6, 6.07) is 1.62. The van der Waals surface area contributed by atoms with E-state index in [-0.39, 0.29) is 17.9 Å². The summed E-state index contributed by atoms with van der Waals surface area (Å²) < 4.78 is 5.28. The average Bonchev–Trinajstić information content (AvgIpc) is 2.56. The topological polar surface area (TPSA) is 131 Å². The van der Waals surface area contributed by atoms with Crippen LogP contribution < -0.4 is 5.73 Å². The van der Waals surface area contributed by atoms with E-state index in [2.05, 4.69) is 9.84 Å². The van der Waals surface area contributed by atoms with Gasteiger partial charge in [-0.2, -0.15) is 10.4 Å². The highest BCUT2D eigenvalue weighted by molar-refractivity contribution is 5.90. The lowest BCUT2D eigenvalue weighted by atomic mass is 10.2. The summed E-state index contributed by atoms with van der Waals surface area (Å²) in [5.74, 6) is -2.20. The number of nitrogen functional groups attached to an aromatic ring is 1. The number of carbonyl (C=O) groups is 2. The molecule has 3 N–H and O–H groups in total. The number of nitrogens with two attached hydrogens (primary N) is 1. The van der Waals surface area contributed by atoms with Gasteiger partial charge in [0.25, 0.3) is 0 Å². The molecule has 8 heteroatoms. The van der Waals surface area contributed by atoms with Crippen molar-refractivity contribution in [3.05, 3.63) is 11.3 Å². The highest BCUT2D eigenvalue weighted by Gasteiger charge is 2.21. The predicted octanol–water partition coefficient (Wildman–Crippen LogP) is -0.792. The van der Waals surface area contributed by atoms with Gasteiger partial charge >= 0.3 is 11.9 Å². The van der Waals surface area contributed by atoms with E-state index in [0.717, 1.165) is 4.68 Å². The van der Waals surface area contributed by atoms with Gasteiger partial charge in [-0.1, -0.05) is 0 Å². The second-order valence-electron chi connectivity index (χ2n) is 2.76. The number of methoxy groups -OCH3 is 1. The van der Waals surface area contributed by atoms with E-state index < -0.39 is 17.6 Å². The standard InChI is InChI=1S/C8H8N4O4/c1-16-5(13)3-12-7(10)4(2-9)6(11-12)8(14)15/h3,10H2,1H3,(H,14,15). The third-order valence-corrected chi connectivity index (χ3v) is 1.81. The van der Waals surface area contributed by atoms with Gasteiger partial charge in [0.1, 0.15) is 24.0 Å². The highest BCUT2D eigenvalue weighted by atomic mass is 16.5. The van der Waals surface area contributed by atoms with Crippen LogP contribution in [0.2, 0.25) is 0 Å². The monoisotopic (exact) mass is 224 g/mol. The molecule has 1 heterocycles. The summed E-state index contributed by atoms with van der Waals surface area (Å²) in [5.41, 5.74) is 4.71. The van der Waals surface area contributed by atoms with E-state index in [0.29, 0.717) is 0 Å². The van der Waals surface area contributed by atoms with Crippen molar-refractivity contribution in [3.63, 3.8) is 0 Å². The second-order valence-corrected chi connectivity index (χ2v) is 2.76. The normalized spacial score (nSPS) is 9.50. The van der Waals surface area contributed by atoms with Crippen molar-refractivity contribution in [3.8, 4) is 6.07 Å².